The van der Waals surface area contributed by atoms with E-state index in [1.807, 2.05) is 16.8 Å². The zero-order valence-corrected chi connectivity index (χ0v) is 13.7. The van der Waals surface area contributed by atoms with Gasteiger partial charge in [0.2, 0.25) is 0 Å². The molecular weight excluding hydrogens is 369 g/mol. The van der Waals surface area contributed by atoms with Crippen molar-refractivity contribution < 1.29 is 17.7 Å². The molecule has 0 saturated carbocycles. The van der Waals surface area contributed by atoms with Crippen LogP contribution in [-0.2, 0) is 11.9 Å². The van der Waals surface area contributed by atoms with E-state index < -0.39 is 11.7 Å². The first-order chi connectivity index (χ1) is 10.9. The standard InChI is InChI=1S/C14H8ClF3N2OS2/c15-11-2-1-9(5-10(11)14(16,17)18)23-7-12-19-13(21-20-12)8-3-4-22-6-8/h1-6H,7H2. The first-order valence-electron chi connectivity index (χ1n) is 6.28. The molecule has 1 aromatic carbocycles. The second-order valence-corrected chi connectivity index (χ2v) is 6.69. The Labute approximate surface area is 142 Å². The van der Waals surface area contributed by atoms with Crippen LogP contribution in [0.3, 0.4) is 0 Å². The molecule has 0 atom stereocenters. The third kappa shape index (κ3) is 3.88. The summed E-state index contributed by atoms with van der Waals surface area (Å²) in [6.07, 6.45) is -4.48. The lowest BCUT2D eigenvalue weighted by Crippen LogP contribution is -2.05. The number of hydrogen-bond acceptors (Lipinski definition) is 5. The average Bonchev–Trinajstić information content (AvgIpc) is 3.16. The molecule has 9 heteroatoms. The Morgan fingerprint density at radius 2 is 2.09 bits per heavy atom. The van der Waals surface area contributed by atoms with Crippen molar-refractivity contribution in [2.45, 2.75) is 16.8 Å². The summed E-state index contributed by atoms with van der Waals surface area (Å²) >= 11 is 8.28. The Kier molecular flexibility index (Phi) is 4.65. The SMILES string of the molecule is FC(F)(F)c1cc(SCc2noc(-c3ccsc3)n2)ccc1Cl. The fraction of sp³-hybridized carbons (Fsp3) is 0.143. The number of thioether (sulfide) groups is 1. The fourth-order valence-electron chi connectivity index (χ4n) is 1.78. The van der Waals surface area contributed by atoms with Crippen molar-refractivity contribution >= 4 is 34.7 Å². The van der Waals surface area contributed by atoms with Gasteiger partial charge >= 0.3 is 6.18 Å². The molecule has 0 saturated heterocycles. The molecule has 0 fully saturated rings. The monoisotopic (exact) mass is 376 g/mol. The molecule has 0 aliphatic rings. The molecule has 0 unspecified atom stereocenters. The van der Waals surface area contributed by atoms with Gasteiger partial charge in [0.25, 0.3) is 5.89 Å². The second-order valence-electron chi connectivity index (χ2n) is 4.46. The number of alkyl halides is 3. The van der Waals surface area contributed by atoms with Gasteiger partial charge in [-0.2, -0.15) is 29.5 Å². The highest BCUT2D eigenvalue weighted by atomic mass is 35.5. The van der Waals surface area contributed by atoms with E-state index in [-0.39, 0.29) is 5.02 Å². The molecule has 0 spiro atoms. The van der Waals surface area contributed by atoms with E-state index in [0.717, 1.165) is 11.6 Å². The lowest BCUT2D eigenvalue weighted by atomic mass is 10.2. The van der Waals surface area contributed by atoms with E-state index >= 15 is 0 Å². The van der Waals surface area contributed by atoms with Crippen molar-refractivity contribution in [1.29, 1.82) is 0 Å². The summed E-state index contributed by atoms with van der Waals surface area (Å²) in [5, 5.41) is 7.27. The predicted molar refractivity (Wildman–Crippen MR) is 83.6 cm³/mol. The van der Waals surface area contributed by atoms with Gasteiger partial charge < -0.3 is 4.52 Å². The van der Waals surface area contributed by atoms with Gasteiger partial charge in [-0.25, -0.2) is 0 Å². The van der Waals surface area contributed by atoms with Crippen LogP contribution in [0.15, 0.2) is 44.4 Å². The third-order valence-electron chi connectivity index (χ3n) is 2.85. The summed E-state index contributed by atoms with van der Waals surface area (Å²) in [7, 11) is 0. The smallest absolute Gasteiger partial charge is 0.334 e. The van der Waals surface area contributed by atoms with Crippen LogP contribution in [0.4, 0.5) is 13.2 Å². The van der Waals surface area contributed by atoms with Gasteiger partial charge in [-0.1, -0.05) is 16.8 Å². The molecule has 0 aliphatic heterocycles. The van der Waals surface area contributed by atoms with Crippen LogP contribution < -0.4 is 0 Å². The highest BCUT2D eigenvalue weighted by molar-refractivity contribution is 7.98. The van der Waals surface area contributed by atoms with Crippen LogP contribution in [0.1, 0.15) is 11.4 Å². The van der Waals surface area contributed by atoms with Gasteiger partial charge in [0.1, 0.15) is 0 Å². The summed E-state index contributed by atoms with van der Waals surface area (Å²) in [4.78, 5) is 4.65. The molecule has 0 amide bonds. The lowest BCUT2D eigenvalue weighted by molar-refractivity contribution is -0.137. The van der Waals surface area contributed by atoms with E-state index in [2.05, 4.69) is 10.1 Å². The molecule has 0 radical (unpaired) electrons. The van der Waals surface area contributed by atoms with Crippen LogP contribution in [0.5, 0.6) is 0 Å². The molecule has 0 N–H and O–H groups in total. The Balaban J connectivity index is 1.72. The van der Waals surface area contributed by atoms with Crippen molar-refractivity contribution in [1.82, 2.24) is 10.1 Å². The summed E-state index contributed by atoms with van der Waals surface area (Å²) in [6.45, 7) is 0. The largest absolute Gasteiger partial charge is 0.417 e. The van der Waals surface area contributed by atoms with Gasteiger partial charge in [-0.05, 0) is 29.6 Å². The van der Waals surface area contributed by atoms with Crippen molar-refractivity contribution in [3.05, 3.63) is 51.4 Å². The molecule has 3 nitrogen and oxygen atoms in total. The number of rotatable bonds is 4. The number of thiophene rings is 1. The maximum Gasteiger partial charge on any atom is 0.417 e. The van der Waals surface area contributed by atoms with Crippen LogP contribution in [0.25, 0.3) is 11.5 Å². The van der Waals surface area contributed by atoms with E-state index in [0.29, 0.717) is 22.4 Å². The minimum absolute atomic E-state index is 0.298. The fourth-order valence-corrected chi connectivity index (χ4v) is 3.41. The van der Waals surface area contributed by atoms with Crippen LogP contribution in [-0.4, -0.2) is 10.1 Å². The predicted octanol–water partition coefficient (Wildman–Crippen LogP) is 5.76. The molecule has 2 aromatic heterocycles. The molecule has 0 aliphatic carbocycles. The Bertz CT molecular complexity index is 803. The lowest BCUT2D eigenvalue weighted by Gasteiger charge is -2.10. The number of benzene rings is 1. The quantitative estimate of drug-likeness (QED) is 0.542. The highest BCUT2D eigenvalue weighted by Crippen LogP contribution is 2.37. The number of nitrogens with zero attached hydrogens (tertiary/aromatic N) is 2. The highest BCUT2D eigenvalue weighted by Gasteiger charge is 2.33. The molecule has 2 heterocycles. The van der Waals surface area contributed by atoms with Gasteiger partial charge in [0.15, 0.2) is 5.82 Å². The number of halogens is 4. The first kappa shape index (κ1) is 16.4. The zero-order chi connectivity index (χ0) is 16.4. The normalized spacial score (nSPS) is 11.8. The van der Waals surface area contributed by atoms with Crippen molar-refractivity contribution in [3.63, 3.8) is 0 Å². The van der Waals surface area contributed by atoms with Crippen LogP contribution in [0, 0.1) is 0 Å². The topological polar surface area (TPSA) is 38.9 Å². The summed E-state index contributed by atoms with van der Waals surface area (Å²) in [5.41, 5.74) is -0.0270. The van der Waals surface area contributed by atoms with Crippen LogP contribution >= 0.6 is 34.7 Å². The van der Waals surface area contributed by atoms with E-state index in [1.54, 1.807) is 0 Å². The average molecular weight is 377 g/mol. The van der Waals surface area contributed by atoms with Gasteiger partial charge in [-0.15, -0.1) is 11.8 Å². The molecule has 3 rings (SSSR count). The minimum Gasteiger partial charge on any atom is -0.334 e. The van der Waals surface area contributed by atoms with Gasteiger partial charge in [0.05, 0.1) is 21.9 Å². The van der Waals surface area contributed by atoms with E-state index in [4.69, 9.17) is 16.1 Å². The second kappa shape index (κ2) is 6.54. The van der Waals surface area contributed by atoms with Crippen molar-refractivity contribution in [2.75, 3.05) is 0 Å². The summed E-state index contributed by atoms with van der Waals surface area (Å²) in [5.74, 6) is 1.11. The number of aromatic nitrogens is 2. The van der Waals surface area contributed by atoms with Gasteiger partial charge in [0, 0.05) is 10.3 Å². The molecule has 23 heavy (non-hydrogen) atoms. The summed E-state index contributed by atoms with van der Waals surface area (Å²) in [6, 6.07) is 5.64. The van der Waals surface area contributed by atoms with E-state index in [9.17, 15) is 13.2 Å². The van der Waals surface area contributed by atoms with E-state index in [1.165, 1.54) is 35.2 Å². The number of hydrogen-bond donors (Lipinski definition) is 0. The third-order valence-corrected chi connectivity index (χ3v) is 4.85. The summed E-state index contributed by atoms with van der Waals surface area (Å²) < 4.78 is 43.6. The molecule has 0 bridgehead atoms. The van der Waals surface area contributed by atoms with Crippen LogP contribution in [0.2, 0.25) is 5.02 Å². The Morgan fingerprint density at radius 3 is 2.78 bits per heavy atom. The first-order valence-corrected chi connectivity index (χ1v) is 8.59. The maximum atomic E-state index is 12.8. The minimum atomic E-state index is -4.48. The Morgan fingerprint density at radius 1 is 1.26 bits per heavy atom. The van der Waals surface area contributed by atoms with Gasteiger partial charge in [-0.3, -0.25) is 0 Å². The zero-order valence-electron chi connectivity index (χ0n) is 11.3. The maximum absolute atomic E-state index is 12.8. The molecule has 120 valence electrons. The Hall–Kier alpha value is -1.51. The molecule has 3 aromatic rings. The van der Waals surface area contributed by atoms with Crippen molar-refractivity contribution in [2.24, 2.45) is 0 Å². The molecular formula is C14H8ClF3N2OS2. The van der Waals surface area contributed by atoms with Crippen molar-refractivity contribution in [3.8, 4) is 11.5 Å².